The van der Waals surface area contributed by atoms with Gasteiger partial charge in [0.05, 0.1) is 10.4 Å². The van der Waals surface area contributed by atoms with E-state index < -0.39 is 0 Å². The maximum atomic E-state index is 12.7. The minimum Gasteiger partial charge on any atom is -0.321 e. The molecule has 1 amide bonds. The minimum atomic E-state index is -0.0737. The van der Waals surface area contributed by atoms with E-state index in [0.29, 0.717) is 0 Å². The Balaban J connectivity index is 0.00000208. The number of benzene rings is 1. The molecule has 0 fully saturated rings. The van der Waals surface area contributed by atoms with Gasteiger partial charge < -0.3 is 10.2 Å². The highest BCUT2D eigenvalue weighted by Crippen LogP contribution is 2.40. The molecule has 1 aromatic rings. The molecule has 0 spiro atoms. The van der Waals surface area contributed by atoms with Crippen LogP contribution in [0.2, 0.25) is 0 Å². The van der Waals surface area contributed by atoms with Crippen molar-refractivity contribution in [3.63, 3.8) is 0 Å². The zero-order chi connectivity index (χ0) is 16.9. The first-order valence-corrected chi connectivity index (χ1v) is 8.65. The number of nitrogens with zero attached hydrogens (tertiary/aromatic N) is 2. The largest absolute Gasteiger partial charge is 0.321 e. The van der Waals surface area contributed by atoms with Crippen molar-refractivity contribution in [2.24, 2.45) is 4.99 Å². The van der Waals surface area contributed by atoms with Gasteiger partial charge in [-0.3, -0.25) is 9.79 Å². The highest BCUT2D eigenvalue weighted by Gasteiger charge is 2.39. The Bertz CT molecular complexity index is 745. The predicted molar refractivity (Wildman–Crippen MR) is 105 cm³/mol. The van der Waals surface area contributed by atoms with E-state index in [1.54, 1.807) is 0 Å². The highest BCUT2D eigenvalue weighted by molar-refractivity contribution is 8.18. The quantitative estimate of drug-likeness (QED) is 0.844. The summed E-state index contributed by atoms with van der Waals surface area (Å²) in [6, 6.07) is 4.19. The summed E-state index contributed by atoms with van der Waals surface area (Å²) in [6.07, 6.45) is 0. The van der Waals surface area contributed by atoms with Gasteiger partial charge in [0.15, 0.2) is 5.17 Å². The van der Waals surface area contributed by atoms with Crippen molar-refractivity contribution >= 4 is 40.9 Å². The second kappa shape index (κ2) is 6.45. The Kier molecular flexibility index (Phi) is 5.07. The molecule has 130 valence electrons. The molecular weight excluding hydrogens is 342 g/mol. The van der Waals surface area contributed by atoms with Crippen LogP contribution in [0.5, 0.6) is 0 Å². The zero-order valence-electron chi connectivity index (χ0n) is 15.0. The molecule has 0 aliphatic carbocycles. The van der Waals surface area contributed by atoms with E-state index in [1.807, 2.05) is 20.8 Å². The summed E-state index contributed by atoms with van der Waals surface area (Å²) in [5.41, 5.74) is 5.23. The lowest BCUT2D eigenvalue weighted by atomic mass is 10.1. The van der Waals surface area contributed by atoms with Crippen molar-refractivity contribution in [1.29, 1.82) is 0 Å². The number of hydrogen-bond donors (Lipinski definition) is 1. The maximum absolute atomic E-state index is 12.7. The lowest BCUT2D eigenvalue weighted by molar-refractivity contribution is -0.112. The van der Waals surface area contributed by atoms with Crippen LogP contribution in [0, 0.1) is 20.8 Å². The van der Waals surface area contributed by atoms with Gasteiger partial charge in [-0.15, -0.1) is 12.4 Å². The smallest absolute Gasteiger partial charge is 0.264 e. The van der Waals surface area contributed by atoms with Crippen molar-refractivity contribution in [2.75, 3.05) is 11.9 Å². The summed E-state index contributed by atoms with van der Waals surface area (Å²) in [6.45, 7) is 13.2. The van der Waals surface area contributed by atoms with Crippen LogP contribution < -0.4 is 5.32 Å². The number of nitrogens with one attached hydrogen (secondary N) is 1. The van der Waals surface area contributed by atoms with E-state index in [2.05, 4.69) is 43.1 Å². The zero-order valence-corrected chi connectivity index (χ0v) is 16.6. The van der Waals surface area contributed by atoms with E-state index >= 15 is 0 Å². The number of anilines is 1. The van der Waals surface area contributed by atoms with Crippen molar-refractivity contribution in [3.05, 3.63) is 39.4 Å². The van der Waals surface area contributed by atoms with Crippen LogP contribution in [0.25, 0.3) is 0 Å². The van der Waals surface area contributed by atoms with Crippen LogP contribution in [0.3, 0.4) is 0 Å². The Hall–Kier alpha value is -1.46. The molecule has 4 nitrogen and oxygen atoms in total. The van der Waals surface area contributed by atoms with Gasteiger partial charge in [-0.05, 0) is 64.4 Å². The van der Waals surface area contributed by atoms with Crippen LogP contribution in [0.4, 0.5) is 5.69 Å². The van der Waals surface area contributed by atoms with Crippen LogP contribution in [-0.2, 0) is 4.79 Å². The van der Waals surface area contributed by atoms with Crippen LogP contribution in [0.1, 0.15) is 37.5 Å². The van der Waals surface area contributed by atoms with Gasteiger partial charge in [0, 0.05) is 17.9 Å². The monoisotopic (exact) mass is 365 g/mol. The Morgan fingerprint density at radius 2 is 1.79 bits per heavy atom. The van der Waals surface area contributed by atoms with Gasteiger partial charge in [0.25, 0.3) is 5.91 Å². The Morgan fingerprint density at radius 3 is 2.33 bits per heavy atom. The van der Waals surface area contributed by atoms with E-state index in [9.17, 15) is 4.79 Å². The highest BCUT2D eigenvalue weighted by atomic mass is 35.5. The van der Waals surface area contributed by atoms with Crippen molar-refractivity contribution in [2.45, 2.75) is 47.1 Å². The Morgan fingerprint density at radius 1 is 1.21 bits per heavy atom. The second-order valence-corrected chi connectivity index (χ2v) is 8.01. The van der Waals surface area contributed by atoms with Gasteiger partial charge in [-0.1, -0.05) is 17.7 Å². The van der Waals surface area contributed by atoms with Gasteiger partial charge in [-0.25, -0.2) is 0 Å². The number of rotatable bonds is 2. The number of halogens is 1. The molecule has 0 unspecified atom stereocenters. The molecule has 1 N–H and O–H groups in total. The maximum Gasteiger partial charge on any atom is 0.264 e. The molecule has 1 aromatic carbocycles. The number of fused-ring (bicyclic) bond motifs is 1. The molecule has 6 heteroatoms. The molecule has 24 heavy (non-hydrogen) atoms. The third-order valence-electron chi connectivity index (χ3n) is 4.22. The third-order valence-corrected chi connectivity index (χ3v) is 5.40. The SMILES string of the molecule is CC1=C(C(=O)Nc2c(C)cc(C)cc2C)SC2=NC(C)(C)CN21.Cl. The van der Waals surface area contributed by atoms with Crippen molar-refractivity contribution in [3.8, 4) is 0 Å². The minimum absolute atomic E-state index is 0. The molecule has 0 saturated carbocycles. The number of aliphatic imine (C=N–C) groups is 1. The van der Waals surface area contributed by atoms with E-state index in [-0.39, 0.29) is 23.9 Å². The fraction of sp³-hybridized carbons (Fsp3) is 0.444. The first-order chi connectivity index (χ1) is 10.7. The normalized spacial score (nSPS) is 18.2. The van der Waals surface area contributed by atoms with Crippen molar-refractivity contribution in [1.82, 2.24) is 4.90 Å². The summed E-state index contributed by atoms with van der Waals surface area (Å²) < 4.78 is 0. The number of amidine groups is 1. The van der Waals surface area contributed by atoms with E-state index in [4.69, 9.17) is 4.99 Å². The molecule has 3 rings (SSSR count). The summed E-state index contributed by atoms with van der Waals surface area (Å²) in [5, 5.41) is 4.03. The molecule has 0 saturated heterocycles. The summed E-state index contributed by atoms with van der Waals surface area (Å²) in [5.74, 6) is -0.0440. The standard InChI is InChI=1S/C18H23N3OS.ClH/c1-10-7-11(2)14(12(3)8-10)19-16(22)15-13(4)21-9-18(5,6)20-17(21)23-15;/h7-8H,9H2,1-6H3,(H,19,22);1H. The third kappa shape index (κ3) is 3.33. The predicted octanol–water partition coefficient (Wildman–Crippen LogP) is 4.40. The molecule has 2 aliphatic rings. The number of carbonyl (C=O) groups is 1. The number of allylic oxidation sites excluding steroid dienone is 1. The Labute approximate surface area is 154 Å². The van der Waals surface area contributed by atoms with Crippen molar-refractivity contribution < 1.29 is 4.79 Å². The summed E-state index contributed by atoms with van der Waals surface area (Å²) in [4.78, 5) is 20.3. The van der Waals surface area contributed by atoms with Gasteiger partial charge >= 0.3 is 0 Å². The number of carbonyl (C=O) groups excluding carboxylic acids is 1. The fourth-order valence-corrected chi connectivity index (χ4v) is 4.38. The summed E-state index contributed by atoms with van der Waals surface area (Å²) in [7, 11) is 0. The molecule has 0 radical (unpaired) electrons. The molecule has 2 heterocycles. The number of aryl methyl sites for hydroxylation is 3. The topological polar surface area (TPSA) is 44.7 Å². The van der Waals surface area contributed by atoms with Crippen LogP contribution >= 0.6 is 24.2 Å². The molecule has 0 atom stereocenters. The van der Waals surface area contributed by atoms with E-state index in [1.165, 1.54) is 17.3 Å². The van der Waals surface area contributed by atoms with Crippen LogP contribution in [-0.4, -0.2) is 28.1 Å². The molecule has 0 aromatic heterocycles. The first kappa shape index (κ1) is 18.9. The number of thioether (sulfide) groups is 1. The fourth-order valence-electron chi connectivity index (χ4n) is 3.20. The second-order valence-electron chi connectivity index (χ2n) is 7.04. The summed E-state index contributed by atoms with van der Waals surface area (Å²) >= 11 is 1.48. The first-order valence-electron chi connectivity index (χ1n) is 7.83. The molecular formula is C18H24ClN3OS. The average Bonchev–Trinajstić information content (AvgIpc) is 2.87. The van der Waals surface area contributed by atoms with Gasteiger partial charge in [0.2, 0.25) is 0 Å². The van der Waals surface area contributed by atoms with E-state index in [0.717, 1.165) is 39.1 Å². The number of hydrogen-bond acceptors (Lipinski definition) is 4. The van der Waals surface area contributed by atoms with Gasteiger partial charge in [0.1, 0.15) is 0 Å². The number of amides is 1. The molecule has 2 aliphatic heterocycles. The van der Waals surface area contributed by atoms with Crippen LogP contribution in [0.15, 0.2) is 27.7 Å². The van der Waals surface area contributed by atoms with Gasteiger partial charge in [-0.2, -0.15) is 0 Å². The average molecular weight is 366 g/mol. The lowest BCUT2D eigenvalue weighted by Crippen LogP contribution is -2.28. The molecule has 0 bridgehead atoms. The lowest BCUT2D eigenvalue weighted by Gasteiger charge is -2.19.